The van der Waals surface area contributed by atoms with Crippen LogP contribution in [0.3, 0.4) is 0 Å². The van der Waals surface area contributed by atoms with Crippen LogP contribution in [0, 0.1) is 11.3 Å². The van der Waals surface area contributed by atoms with Gasteiger partial charge >= 0.3 is 0 Å². The zero-order valence-electron chi connectivity index (χ0n) is 12.3. The van der Waals surface area contributed by atoms with Gasteiger partial charge in [0.05, 0.1) is 25.1 Å². The first-order valence-corrected chi connectivity index (χ1v) is 7.03. The lowest BCUT2D eigenvalue weighted by Crippen LogP contribution is -1.97. The molecule has 0 radical (unpaired) electrons. The molecule has 0 spiro atoms. The second-order valence-corrected chi connectivity index (χ2v) is 4.97. The standard InChI is InChI=1S/C18H16N2O2/c1-21-15-9-16-18(14(7-8-19)11-20-16)17(10-15)22-12-13-5-3-2-4-6-13/h2-6,9-11,20H,7,12H2,1H3. The number of ether oxygens (including phenoxy) is 2. The number of aromatic nitrogens is 1. The van der Waals surface area contributed by atoms with Crippen LogP contribution in [0.1, 0.15) is 11.1 Å². The highest BCUT2D eigenvalue weighted by molar-refractivity contribution is 5.91. The minimum Gasteiger partial charge on any atom is -0.497 e. The van der Waals surface area contributed by atoms with Gasteiger partial charge in [0.15, 0.2) is 0 Å². The Labute approximate surface area is 128 Å². The topological polar surface area (TPSA) is 58.0 Å². The van der Waals surface area contributed by atoms with Crippen LogP contribution in [-0.4, -0.2) is 12.1 Å². The Hall–Kier alpha value is -2.93. The smallest absolute Gasteiger partial charge is 0.133 e. The van der Waals surface area contributed by atoms with E-state index in [9.17, 15) is 0 Å². The van der Waals surface area contributed by atoms with E-state index in [1.54, 1.807) is 7.11 Å². The van der Waals surface area contributed by atoms with Crippen LogP contribution >= 0.6 is 0 Å². The number of hydrogen-bond acceptors (Lipinski definition) is 3. The van der Waals surface area contributed by atoms with E-state index in [2.05, 4.69) is 11.1 Å². The lowest BCUT2D eigenvalue weighted by Gasteiger charge is -2.10. The number of rotatable bonds is 5. The summed E-state index contributed by atoms with van der Waals surface area (Å²) in [4.78, 5) is 3.18. The number of hydrogen-bond donors (Lipinski definition) is 1. The summed E-state index contributed by atoms with van der Waals surface area (Å²) < 4.78 is 11.3. The second kappa shape index (κ2) is 6.23. The molecule has 0 fully saturated rings. The number of nitriles is 1. The van der Waals surface area contributed by atoms with E-state index in [1.165, 1.54) is 0 Å². The maximum absolute atomic E-state index is 8.97. The molecule has 1 heterocycles. The summed E-state index contributed by atoms with van der Waals surface area (Å²) in [7, 11) is 1.63. The molecule has 2 aromatic carbocycles. The van der Waals surface area contributed by atoms with Crippen molar-refractivity contribution in [2.24, 2.45) is 0 Å². The number of H-pyrrole nitrogens is 1. The van der Waals surface area contributed by atoms with Gasteiger partial charge in [0, 0.05) is 23.7 Å². The molecule has 3 rings (SSSR count). The van der Waals surface area contributed by atoms with Gasteiger partial charge in [0.1, 0.15) is 18.1 Å². The monoisotopic (exact) mass is 292 g/mol. The van der Waals surface area contributed by atoms with Crippen molar-refractivity contribution in [1.82, 2.24) is 4.98 Å². The lowest BCUT2D eigenvalue weighted by atomic mass is 10.1. The number of methoxy groups -OCH3 is 1. The number of fused-ring (bicyclic) bond motifs is 1. The Morgan fingerprint density at radius 3 is 2.73 bits per heavy atom. The Balaban J connectivity index is 1.98. The molecule has 0 amide bonds. The number of benzene rings is 2. The van der Waals surface area contributed by atoms with Crippen molar-refractivity contribution in [3.63, 3.8) is 0 Å². The Morgan fingerprint density at radius 2 is 2.00 bits per heavy atom. The predicted octanol–water partition coefficient (Wildman–Crippen LogP) is 3.82. The van der Waals surface area contributed by atoms with Crippen LogP contribution in [0.25, 0.3) is 10.9 Å². The maximum Gasteiger partial charge on any atom is 0.133 e. The Morgan fingerprint density at radius 1 is 1.18 bits per heavy atom. The molecule has 0 aliphatic heterocycles. The van der Waals surface area contributed by atoms with Gasteiger partial charge < -0.3 is 14.5 Å². The number of nitrogens with zero attached hydrogens (tertiary/aromatic N) is 1. The molecule has 3 aromatic rings. The summed E-state index contributed by atoms with van der Waals surface area (Å²) in [5.74, 6) is 1.45. The molecule has 0 saturated carbocycles. The first kappa shape index (κ1) is 14.0. The number of aromatic amines is 1. The van der Waals surface area contributed by atoms with Gasteiger partial charge in [-0.15, -0.1) is 0 Å². The highest BCUT2D eigenvalue weighted by Gasteiger charge is 2.12. The molecular formula is C18H16N2O2. The molecule has 0 aliphatic carbocycles. The SMILES string of the molecule is COc1cc(OCc2ccccc2)c2c(CC#N)c[nH]c2c1. The van der Waals surface area contributed by atoms with Crippen molar-refractivity contribution >= 4 is 10.9 Å². The first-order valence-electron chi connectivity index (χ1n) is 7.03. The van der Waals surface area contributed by atoms with E-state index >= 15 is 0 Å². The summed E-state index contributed by atoms with van der Waals surface area (Å²) in [5.41, 5.74) is 2.94. The molecule has 0 atom stereocenters. The molecule has 1 N–H and O–H groups in total. The normalized spacial score (nSPS) is 10.4. The van der Waals surface area contributed by atoms with Crippen LogP contribution in [0.2, 0.25) is 0 Å². The molecule has 22 heavy (non-hydrogen) atoms. The fraction of sp³-hybridized carbons (Fsp3) is 0.167. The van der Waals surface area contributed by atoms with Gasteiger partial charge in [-0.1, -0.05) is 30.3 Å². The predicted molar refractivity (Wildman–Crippen MR) is 84.9 cm³/mol. The van der Waals surface area contributed by atoms with Crippen LogP contribution in [0.5, 0.6) is 11.5 Å². The molecule has 0 saturated heterocycles. The molecule has 110 valence electrons. The van der Waals surface area contributed by atoms with Crippen molar-refractivity contribution in [3.05, 3.63) is 59.8 Å². The van der Waals surface area contributed by atoms with Crippen molar-refractivity contribution in [2.75, 3.05) is 7.11 Å². The largest absolute Gasteiger partial charge is 0.497 e. The van der Waals surface area contributed by atoms with Crippen molar-refractivity contribution in [2.45, 2.75) is 13.0 Å². The molecule has 0 bridgehead atoms. The molecule has 4 heteroatoms. The van der Waals surface area contributed by atoms with Crippen molar-refractivity contribution in [3.8, 4) is 17.6 Å². The zero-order chi connectivity index (χ0) is 15.4. The minimum absolute atomic E-state index is 0.341. The van der Waals surface area contributed by atoms with Gasteiger partial charge in [-0.2, -0.15) is 5.26 Å². The molecule has 4 nitrogen and oxygen atoms in total. The third kappa shape index (κ3) is 2.75. The fourth-order valence-electron chi connectivity index (χ4n) is 2.46. The lowest BCUT2D eigenvalue weighted by molar-refractivity contribution is 0.307. The Kier molecular flexibility index (Phi) is 3.97. The van der Waals surface area contributed by atoms with E-state index in [-0.39, 0.29) is 0 Å². The summed E-state index contributed by atoms with van der Waals surface area (Å²) in [6, 6.07) is 15.9. The van der Waals surface area contributed by atoms with Gasteiger partial charge in [-0.05, 0) is 11.1 Å². The quantitative estimate of drug-likeness (QED) is 0.777. The van der Waals surface area contributed by atoms with E-state index < -0.39 is 0 Å². The van der Waals surface area contributed by atoms with Crippen LogP contribution in [0.4, 0.5) is 0 Å². The fourth-order valence-corrected chi connectivity index (χ4v) is 2.46. The van der Waals surface area contributed by atoms with E-state index in [1.807, 2.05) is 48.7 Å². The zero-order valence-corrected chi connectivity index (χ0v) is 12.3. The first-order chi connectivity index (χ1) is 10.8. The average Bonchev–Trinajstić information content (AvgIpc) is 2.97. The van der Waals surface area contributed by atoms with Gasteiger partial charge in [-0.25, -0.2) is 0 Å². The summed E-state index contributed by atoms with van der Waals surface area (Å²) in [5, 5.41) is 9.91. The summed E-state index contributed by atoms with van der Waals surface area (Å²) in [6.45, 7) is 0.473. The van der Waals surface area contributed by atoms with Gasteiger partial charge in [0.25, 0.3) is 0 Å². The molecule has 0 aliphatic rings. The molecule has 0 unspecified atom stereocenters. The Bertz CT molecular complexity index is 816. The summed E-state index contributed by atoms with van der Waals surface area (Å²) in [6.07, 6.45) is 2.19. The van der Waals surface area contributed by atoms with E-state index in [0.29, 0.717) is 13.0 Å². The van der Waals surface area contributed by atoms with Gasteiger partial charge in [-0.3, -0.25) is 0 Å². The highest BCUT2D eigenvalue weighted by atomic mass is 16.5. The maximum atomic E-state index is 8.97. The third-order valence-corrected chi connectivity index (χ3v) is 3.54. The van der Waals surface area contributed by atoms with E-state index in [0.717, 1.165) is 33.5 Å². The van der Waals surface area contributed by atoms with Crippen molar-refractivity contribution in [1.29, 1.82) is 5.26 Å². The second-order valence-electron chi connectivity index (χ2n) is 4.97. The molecular weight excluding hydrogens is 276 g/mol. The number of nitrogens with one attached hydrogen (secondary N) is 1. The average molecular weight is 292 g/mol. The van der Waals surface area contributed by atoms with Gasteiger partial charge in [0.2, 0.25) is 0 Å². The highest BCUT2D eigenvalue weighted by Crippen LogP contribution is 2.34. The van der Waals surface area contributed by atoms with Crippen LogP contribution in [-0.2, 0) is 13.0 Å². The van der Waals surface area contributed by atoms with Crippen molar-refractivity contribution < 1.29 is 9.47 Å². The van der Waals surface area contributed by atoms with Crippen LogP contribution in [0.15, 0.2) is 48.7 Å². The third-order valence-electron chi connectivity index (χ3n) is 3.54. The summed E-state index contributed by atoms with van der Waals surface area (Å²) >= 11 is 0. The van der Waals surface area contributed by atoms with Crippen LogP contribution < -0.4 is 9.47 Å². The minimum atomic E-state index is 0.341. The molecule has 1 aromatic heterocycles. The van der Waals surface area contributed by atoms with E-state index in [4.69, 9.17) is 14.7 Å².